The molecule has 0 bridgehead atoms. The summed E-state index contributed by atoms with van der Waals surface area (Å²) in [6, 6.07) is 76.8. The van der Waals surface area contributed by atoms with Crippen LogP contribution in [0.1, 0.15) is 22.3 Å². The maximum absolute atomic E-state index is 2.47. The molecule has 0 heteroatoms. The number of hydrogen-bond acceptors (Lipinski definition) is 0. The molecular weight excluding hydrogens is 637 g/mol. The highest BCUT2D eigenvalue weighted by molar-refractivity contribution is 6.14. The molecule has 0 spiro atoms. The Morgan fingerprint density at radius 3 is 1.17 bits per heavy atom. The van der Waals surface area contributed by atoms with Crippen molar-refractivity contribution in [1.29, 1.82) is 0 Å². The molecular formula is C53H34. The van der Waals surface area contributed by atoms with Gasteiger partial charge in [0.2, 0.25) is 0 Å². The molecule has 1 aliphatic carbocycles. The van der Waals surface area contributed by atoms with Gasteiger partial charge in [-0.15, -0.1) is 0 Å². The van der Waals surface area contributed by atoms with Gasteiger partial charge in [-0.1, -0.05) is 188 Å². The molecule has 0 N–H and O–H groups in total. The highest BCUT2D eigenvalue weighted by atomic mass is 14.5. The van der Waals surface area contributed by atoms with E-state index < -0.39 is 5.41 Å². The molecule has 0 saturated heterocycles. The Labute approximate surface area is 309 Å². The molecule has 0 amide bonds. The molecule has 10 aromatic rings. The summed E-state index contributed by atoms with van der Waals surface area (Å²) in [5.74, 6) is 0. The minimum Gasteiger partial charge on any atom is -0.0619 e. The van der Waals surface area contributed by atoms with Crippen LogP contribution in [-0.2, 0) is 5.41 Å². The van der Waals surface area contributed by atoms with Crippen LogP contribution in [0.5, 0.6) is 0 Å². The summed E-state index contributed by atoms with van der Waals surface area (Å²) < 4.78 is 0. The fourth-order valence-corrected chi connectivity index (χ4v) is 9.47. The van der Waals surface area contributed by atoms with Gasteiger partial charge in [0.15, 0.2) is 0 Å². The first-order valence-corrected chi connectivity index (χ1v) is 18.5. The molecule has 0 unspecified atom stereocenters. The Bertz CT molecular complexity index is 2900. The first-order chi connectivity index (χ1) is 26.3. The lowest BCUT2D eigenvalue weighted by molar-refractivity contribution is 0.769. The second-order valence-electron chi connectivity index (χ2n) is 14.4. The maximum Gasteiger partial charge on any atom is 0.0713 e. The van der Waals surface area contributed by atoms with Crippen LogP contribution in [-0.4, -0.2) is 0 Å². The third-order valence-electron chi connectivity index (χ3n) is 11.7. The van der Waals surface area contributed by atoms with Crippen LogP contribution in [0.15, 0.2) is 206 Å². The van der Waals surface area contributed by atoms with Gasteiger partial charge in [0.05, 0.1) is 5.41 Å². The largest absolute Gasteiger partial charge is 0.0713 e. The Morgan fingerprint density at radius 1 is 0.264 bits per heavy atom. The van der Waals surface area contributed by atoms with Gasteiger partial charge in [-0.2, -0.15) is 0 Å². The third kappa shape index (κ3) is 4.36. The number of rotatable bonds is 4. The van der Waals surface area contributed by atoms with Gasteiger partial charge in [0, 0.05) is 0 Å². The van der Waals surface area contributed by atoms with E-state index in [1.54, 1.807) is 0 Å². The zero-order valence-corrected chi connectivity index (χ0v) is 29.1. The summed E-state index contributed by atoms with van der Waals surface area (Å²) in [5, 5.41) is 10.1. The van der Waals surface area contributed by atoms with E-state index in [2.05, 4.69) is 206 Å². The first-order valence-electron chi connectivity index (χ1n) is 18.5. The molecule has 53 heavy (non-hydrogen) atoms. The molecule has 0 atom stereocenters. The van der Waals surface area contributed by atoms with Crippen molar-refractivity contribution in [3.8, 4) is 33.4 Å². The Morgan fingerprint density at radius 2 is 0.679 bits per heavy atom. The van der Waals surface area contributed by atoms with E-state index in [1.807, 2.05) is 0 Å². The average molecular weight is 671 g/mol. The van der Waals surface area contributed by atoms with Gasteiger partial charge in [0.1, 0.15) is 0 Å². The third-order valence-corrected chi connectivity index (χ3v) is 11.7. The molecule has 0 fully saturated rings. The Hall–Kier alpha value is -6.76. The van der Waals surface area contributed by atoms with E-state index in [9.17, 15) is 0 Å². The normalized spacial score (nSPS) is 13.1. The van der Waals surface area contributed by atoms with Crippen LogP contribution < -0.4 is 0 Å². The molecule has 246 valence electrons. The smallest absolute Gasteiger partial charge is 0.0619 e. The van der Waals surface area contributed by atoms with Gasteiger partial charge in [0.25, 0.3) is 0 Å². The average Bonchev–Trinajstić information content (AvgIpc) is 3.53. The molecule has 11 rings (SSSR count). The molecule has 1 aliphatic rings. The van der Waals surface area contributed by atoms with Crippen molar-refractivity contribution in [3.63, 3.8) is 0 Å². The Balaban J connectivity index is 1.19. The van der Waals surface area contributed by atoms with Crippen molar-refractivity contribution in [2.75, 3.05) is 0 Å². The lowest BCUT2D eigenvalue weighted by Gasteiger charge is -2.34. The summed E-state index contributed by atoms with van der Waals surface area (Å²) >= 11 is 0. The SMILES string of the molecule is c1cc(-c2c3ccccc3cc3ccccc23)cc(C2(c3ccc(-c4c5ccccc5cc5ccccc45)cc3)c3ccccc3-c3ccccc32)c1. The van der Waals surface area contributed by atoms with Gasteiger partial charge >= 0.3 is 0 Å². The number of benzene rings is 10. The highest BCUT2D eigenvalue weighted by Gasteiger charge is 2.46. The first kappa shape index (κ1) is 29.9. The standard InChI is InChI=1S/C53H34/c1-5-20-43-36(14-1)32-37-15-2-6-21-44(37)51(43)35-28-30-41(31-29-35)53(49-26-11-9-24-47(49)48-25-10-12-27-50(48)53)42-19-13-18-40(34-42)52-45-22-7-3-16-38(45)33-39-17-4-8-23-46(39)52/h1-34H. The number of fused-ring (bicyclic) bond motifs is 7. The minimum atomic E-state index is -0.511. The van der Waals surface area contributed by atoms with E-state index in [0.717, 1.165) is 0 Å². The summed E-state index contributed by atoms with van der Waals surface area (Å²) in [7, 11) is 0. The quantitative estimate of drug-likeness (QED) is 0.164. The van der Waals surface area contributed by atoms with Crippen LogP contribution in [0.3, 0.4) is 0 Å². The fraction of sp³-hybridized carbons (Fsp3) is 0.0189. The predicted octanol–water partition coefficient (Wildman–Crippen LogP) is 14.0. The lowest BCUT2D eigenvalue weighted by Crippen LogP contribution is -2.28. The van der Waals surface area contributed by atoms with Gasteiger partial charge in [-0.3, -0.25) is 0 Å². The zero-order valence-electron chi connectivity index (χ0n) is 29.1. The molecule has 0 nitrogen and oxygen atoms in total. The van der Waals surface area contributed by atoms with Crippen molar-refractivity contribution >= 4 is 43.1 Å². The maximum atomic E-state index is 2.47. The molecule has 0 radical (unpaired) electrons. The lowest BCUT2D eigenvalue weighted by atomic mass is 9.67. The van der Waals surface area contributed by atoms with Crippen molar-refractivity contribution in [1.82, 2.24) is 0 Å². The van der Waals surface area contributed by atoms with Gasteiger partial charge < -0.3 is 0 Å². The summed E-state index contributed by atoms with van der Waals surface area (Å²) in [4.78, 5) is 0. The summed E-state index contributed by atoms with van der Waals surface area (Å²) in [5.41, 5.74) is 12.3. The monoisotopic (exact) mass is 670 g/mol. The number of hydrogen-bond donors (Lipinski definition) is 0. The minimum absolute atomic E-state index is 0.511. The molecule has 10 aromatic carbocycles. The van der Waals surface area contributed by atoms with Crippen molar-refractivity contribution < 1.29 is 0 Å². The topological polar surface area (TPSA) is 0 Å². The second-order valence-corrected chi connectivity index (χ2v) is 14.4. The van der Waals surface area contributed by atoms with E-state index in [1.165, 1.54) is 98.7 Å². The van der Waals surface area contributed by atoms with Crippen molar-refractivity contribution in [2.45, 2.75) is 5.41 Å². The molecule has 0 aliphatic heterocycles. The molecule has 0 saturated carbocycles. The van der Waals surface area contributed by atoms with Crippen LogP contribution >= 0.6 is 0 Å². The van der Waals surface area contributed by atoms with Crippen LogP contribution in [0.25, 0.3) is 76.5 Å². The molecule has 0 heterocycles. The summed E-state index contributed by atoms with van der Waals surface area (Å²) in [6.45, 7) is 0. The highest BCUT2D eigenvalue weighted by Crippen LogP contribution is 2.56. The van der Waals surface area contributed by atoms with Gasteiger partial charge in [-0.05, 0) is 117 Å². The Kier molecular flexibility index (Phi) is 6.57. The van der Waals surface area contributed by atoms with Crippen molar-refractivity contribution in [3.05, 3.63) is 229 Å². The van der Waals surface area contributed by atoms with Crippen LogP contribution in [0.4, 0.5) is 0 Å². The van der Waals surface area contributed by atoms with E-state index in [4.69, 9.17) is 0 Å². The second kappa shape index (κ2) is 11.6. The van der Waals surface area contributed by atoms with E-state index >= 15 is 0 Å². The van der Waals surface area contributed by atoms with Gasteiger partial charge in [-0.25, -0.2) is 0 Å². The van der Waals surface area contributed by atoms with E-state index in [0.29, 0.717) is 0 Å². The van der Waals surface area contributed by atoms with Crippen LogP contribution in [0.2, 0.25) is 0 Å². The zero-order chi connectivity index (χ0) is 34.9. The van der Waals surface area contributed by atoms with Crippen LogP contribution in [0, 0.1) is 0 Å². The summed E-state index contributed by atoms with van der Waals surface area (Å²) in [6.07, 6.45) is 0. The molecule has 0 aromatic heterocycles. The predicted molar refractivity (Wildman–Crippen MR) is 225 cm³/mol. The fourth-order valence-electron chi connectivity index (χ4n) is 9.47. The van der Waals surface area contributed by atoms with E-state index in [-0.39, 0.29) is 0 Å². The van der Waals surface area contributed by atoms with Crippen molar-refractivity contribution in [2.24, 2.45) is 0 Å².